The summed E-state index contributed by atoms with van der Waals surface area (Å²) in [4.78, 5) is 33.1. The van der Waals surface area contributed by atoms with E-state index >= 15 is 0 Å². The third-order valence-corrected chi connectivity index (χ3v) is 6.54. The fourth-order valence-electron chi connectivity index (χ4n) is 4.69. The van der Waals surface area contributed by atoms with Crippen LogP contribution in [0.4, 0.5) is 11.8 Å². The molecule has 2 aromatic heterocycles. The number of nitrogens with one attached hydrogen (secondary N) is 2. The molecule has 2 N–H and O–H groups in total. The Morgan fingerprint density at radius 1 is 0.886 bits per heavy atom. The van der Waals surface area contributed by atoms with Crippen molar-refractivity contribution in [3.8, 4) is 0 Å². The van der Waals surface area contributed by atoms with Gasteiger partial charge in [0.25, 0.3) is 0 Å². The summed E-state index contributed by atoms with van der Waals surface area (Å²) >= 11 is 0. The van der Waals surface area contributed by atoms with Crippen LogP contribution in [0.2, 0.25) is 0 Å². The monoisotopic (exact) mass is 469 g/mol. The number of carbonyl (C=O) groups is 1. The van der Waals surface area contributed by atoms with Crippen LogP contribution in [0, 0.1) is 0 Å². The van der Waals surface area contributed by atoms with E-state index < -0.39 is 0 Å². The Morgan fingerprint density at radius 2 is 1.57 bits per heavy atom. The van der Waals surface area contributed by atoms with Gasteiger partial charge in [-0.2, -0.15) is 4.98 Å². The molecule has 8 nitrogen and oxygen atoms in total. The molecule has 4 aromatic rings. The van der Waals surface area contributed by atoms with E-state index in [1.54, 1.807) is 6.20 Å². The topological polar surface area (TPSA) is 95.9 Å². The predicted octanol–water partition coefficient (Wildman–Crippen LogP) is 4.11. The molecule has 0 atom stereocenters. The van der Waals surface area contributed by atoms with Crippen molar-refractivity contribution in [3.05, 3.63) is 60.4 Å². The fourth-order valence-corrected chi connectivity index (χ4v) is 4.69. The van der Waals surface area contributed by atoms with E-state index in [4.69, 9.17) is 9.97 Å². The number of hydrogen-bond acceptors (Lipinski definition) is 7. The van der Waals surface area contributed by atoms with Crippen molar-refractivity contribution >= 4 is 39.6 Å². The molecule has 1 saturated carbocycles. The molecule has 1 aliphatic rings. The third kappa shape index (κ3) is 5.48. The number of para-hydroxylation sites is 3. The van der Waals surface area contributed by atoms with Gasteiger partial charge in [0.2, 0.25) is 11.9 Å². The van der Waals surface area contributed by atoms with Gasteiger partial charge in [-0.3, -0.25) is 9.78 Å². The lowest BCUT2D eigenvalue weighted by Gasteiger charge is -2.30. The summed E-state index contributed by atoms with van der Waals surface area (Å²) in [6, 6.07) is 16.4. The first kappa shape index (κ1) is 23.0. The number of fused-ring (bicyclic) bond motifs is 2. The molecule has 8 heteroatoms. The summed E-state index contributed by atoms with van der Waals surface area (Å²) in [5.41, 5.74) is 3.52. The number of carbonyl (C=O) groups excluding carboxylic acids is 1. The maximum Gasteiger partial charge on any atom is 0.225 e. The average molecular weight is 470 g/mol. The van der Waals surface area contributed by atoms with E-state index in [2.05, 4.69) is 26.7 Å². The Balaban J connectivity index is 1.12. The van der Waals surface area contributed by atoms with Crippen molar-refractivity contribution in [1.29, 1.82) is 0 Å². The zero-order valence-corrected chi connectivity index (χ0v) is 20.2. The third-order valence-electron chi connectivity index (χ3n) is 6.54. The number of amides is 1. The van der Waals surface area contributed by atoms with E-state index in [9.17, 15) is 4.79 Å². The van der Waals surface area contributed by atoms with Crippen LogP contribution in [-0.4, -0.2) is 52.0 Å². The Bertz CT molecular complexity index is 1330. The number of benzene rings is 2. The lowest BCUT2D eigenvalue weighted by Crippen LogP contribution is -2.40. The summed E-state index contributed by atoms with van der Waals surface area (Å²) < 4.78 is 0. The van der Waals surface area contributed by atoms with Crippen LogP contribution in [0.1, 0.15) is 37.8 Å². The smallest absolute Gasteiger partial charge is 0.225 e. The molecule has 0 saturated heterocycles. The number of anilines is 2. The Kier molecular flexibility index (Phi) is 6.70. The van der Waals surface area contributed by atoms with Crippen LogP contribution in [-0.2, 0) is 11.2 Å². The van der Waals surface area contributed by atoms with E-state index in [0.717, 1.165) is 59.1 Å². The normalized spacial score (nSPS) is 17.9. The van der Waals surface area contributed by atoms with Crippen LogP contribution in [0.25, 0.3) is 21.9 Å². The molecule has 0 radical (unpaired) electrons. The SMILES string of the molecule is CN(C)c1nc(N[C@H]2CC[C@@H](NC(=O)CCc3cnc4ccccc4n3)CC2)nc2ccccc12. The fraction of sp³-hybridized carbons (Fsp3) is 0.370. The summed E-state index contributed by atoms with van der Waals surface area (Å²) in [6.07, 6.45) is 6.59. The number of aryl methyl sites for hydroxylation is 1. The van der Waals surface area contributed by atoms with Gasteiger partial charge >= 0.3 is 0 Å². The summed E-state index contributed by atoms with van der Waals surface area (Å²) in [5, 5.41) is 7.78. The molecular formula is C27H31N7O. The molecular weight excluding hydrogens is 438 g/mol. The maximum atomic E-state index is 12.5. The van der Waals surface area contributed by atoms with Gasteiger partial charge in [-0.25, -0.2) is 9.97 Å². The Labute approximate surface area is 205 Å². The van der Waals surface area contributed by atoms with Gasteiger partial charge in [0, 0.05) is 44.2 Å². The van der Waals surface area contributed by atoms with Crippen molar-refractivity contribution in [2.45, 2.75) is 50.6 Å². The van der Waals surface area contributed by atoms with Gasteiger partial charge in [-0.1, -0.05) is 24.3 Å². The second kappa shape index (κ2) is 10.2. The summed E-state index contributed by atoms with van der Waals surface area (Å²) in [6.45, 7) is 0. The van der Waals surface area contributed by atoms with Crippen LogP contribution < -0.4 is 15.5 Å². The molecule has 1 fully saturated rings. The molecule has 35 heavy (non-hydrogen) atoms. The minimum Gasteiger partial charge on any atom is -0.362 e. The van der Waals surface area contributed by atoms with Crippen molar-refractivity contribution in [1.82, 2.24) is 25.3 Å². The first-order chi connectivity index (χ1) is 17.0. The molecule has 180 valence electrons. The maximum absolute atomic E-state index is 12.5. The summed E-state index contributed by atoms with van der Waals surface area (Å²) in [7, 11) is 4.00. The second-order valence-electron chi connectivity index (χ2n) is 9.39. The highest BCUT2D eigenvalue weighted by molar-refractivity contribution is 5.90. The predicted molar refractivity (Wildman–Crippen MR) is 140 cm³/mol. The van der Waals surface area contributed by atoms with Crippen molar-refractivity contribution in [2.75, 3.05) is 24.3 Å². The van der Waals surface area contributed by atoms with Gasteiger partial charge in [0.15, 0.2) is 0 Å². The lowest BCUT2D eigenvalue weighted by atomic mass is 9.91. The highest BCUT2D eigenvalue weighted by atomic mass is 16.1. The Hall–Kier alpha value is -3.81. The lowest BCUT2D eigenvalue weighted by molar-refractivity contribution is -0.122. The molecule has 0 unspecified atom stereocenters. The van der Waals surface area contributed by atoms with Gasteiger partial charge in [-0.05, 0) is 56.4 Å². The van der Waals surface area contributed by atoms with Crippen molar-refractivity contribution < 1.29 is 4.79 Å². The average Bonchev–Trinajstić information content (AvgIpc) is 2.88. The van der Waals surface area contributed by atoms with Gasteiger partial charge in [0.1, 0.15) is 5.82 Å². The van der Waals surface area contributed by atoms with Crippen molar-refractivity contribution in [3.63, 3.8) is 0 Å². The molecule has 1 amide bonds. The second-order valence-corrected chi connectivity index (χ2v) is 9.39. The molecule has 0 spiro atoms. The molecule has 0 aliphatic heterocycles. The minimum atomic E-state index is 0.0739. The van der Waals surface area contributed by atoms with Crippen LogP contribution >= 0.6 is 0 Å². The highest BCUT2D eigenvalue weighted by Crippen LogP contribution is 2.26. The molecule has 2 aromatic carbocycles. The van der Waals surface area contributed by atoms with Crippen LogP contribution in [0.3, 0.4) is 0 Å². The first-order valence-corrected chi connectivity index (χ1v) is 12.3. The van der Waals surface area contributed by atoms with E-state index in [1.807, 2.05) is 61.5 Å². The van der Waals surface area contributed by atoms with E-state index in [0.29, 0.717) is 24.8 Å². The zero-order valence-electron chi connectivity index (χ0n) is 20.2. The summed E-state index contributed by atoms with van der Waals surface area (Å²) in [5.74, 6) is 1.65. The first-order valence-electron chi connectivity index (χ1n) is 12.3. The highest BCUT2D eigenvalue weighted by Gasteiger charge is 2.23. The van der Waals surface area contributed by atoms with Gasteiger partial charge in [0.05, 0.1) is 22.2 Å². The largest absolute Gasteiger partial charge is 0.362 e. The standard InChI is InChI=1S/C27H31N7O/c1-34(2)26-21-7-3-4-8-22(21)32-27(33-26)31-19-13-11-18(12-14-19)30-25(35)16-15-20-17-28-23-9-5-6-10-24(23)29-20/h3-10,17-19H,11-16H2,1-2H3,(H,30,35)(H,31,32,33)/t18-,19+. The molecule has 2 heterocycles. The number of hydrogen-bond donors (Lipinski definition) is 2. The van der Waals surface area contributed by atoms with E-state index in [1.165, 1.54) is 0 Å². The number of nitrogens with zero attached hydrogens (tertiary/aromatic N) is 5. The zero-order chi connectivity index (χ0) is 24.2. The van der Waals surface area contributed by atoms with Crippen LogP contribution in [0.15, 0.2) is 54.7 Å². The van der Waals surface area contributed by atoms with Gasteiger partial charge in [-0.15, -0.1) is 0 Å². The quantitative estimate of drug-likeness (QED) is 0.420. The molecule has 1 aliphatic carbocycles. The van der Waals surface area contributed by atoms with Crippen LogP contribution in [0.5, 0.6) is 0 Å². The van der Waals surface area contributed by atoms with Crippen molar-refractivity contribution in [2.24, 2.45) is 0 Å². The molecule has 5 rings (SSSR count). The minimum absolute atomic E-state index is 0.0739. The number of aromatic nitrogens is 4. The molecule has 0 bridgehead atoms. The Morgan fingerprint density at radius 3 is 2.34 bits per heavy atom. The number of rotatable bonds is 7. The van der Waals surface area contributed by atoms with Gasteiger partial charge < -0.3 is 15.5 Å². The van der Waals surface area contributed by atoms with E-state index in [-0.39, 0.29) is 11.9 Å².